The number of hydrogen-bond acceptors (Lipinski definition) is 3. The maximum Gasteiger partial charge on any atom is 0.275 e. The molecule has 0 spiro atoms. The summed E-state index contributed by atoms with van der Waals surface area (Å²) in [5.41, 5.74) is 0.554. The molecule has 0 aliphatic carbocycles. The van der Waals surface area contributed by atoms with Crippen molar-refractivity contribution in [2.24, 2.45) is 5.84 Å². The summed E-state index contributed by atoms with van der Waals surface area (Å²) in [6.07, 6.45) is 0. The molecule has 0 saturated heterocycles. The van der Waals surface area contributed by atoms with Crippen molar-refractivity contribution in [2.75, 3.05) is 0 Å². The maximum atomic E-state index is 12.0. The monoisotopic (exact) mass is 308 g/mol. The molecule has 0 aliphatic heterocycles. The summed E-state index contributed by atoms with van der Waals surface area (Å²) in [5, 5.41) is 1.55. The highest BCUT2D eigenvalue weighted by molar-refractivity contribution is 6.31. The molecular formula is C14H10Cl2N2O2. The SMILES string of the molecule is NN(C(=O)c1ccc(Cl)cc1)C(=O)c1ccc(Cl)cc1. The van der Waals surface area contributed by atoms with E-state index in [1.165, 1.54) is 24.3 Å². The predicted octanol–water partition coefficient (Wildman–Crippen LogP) is 3.15. The van der Waals surface area contributed by atoms with E-state index < -0.39 is 11.8 Å². The number of carbonyl (C=O) groups is 2. The van der Waals surface area contributed by atoms with E-state index >= 15 is 0 Å². The van der Waals surface area contributed by atoms with E-state index in [4.69, 9.17) is 29.0 Å². The van der Waals surface area contributed by atoms with Crippen LogP contribution in [0.1, 0.15) is 20.7 Å². The molecule has 102 valence electrons. The summed E-state index contributed by atoms with van der Waals surface area (Å²) in [7, 11) is 0. The van der Waals surface area contributed by atoms with Crippen LogP contribution in [0.3, 0.4) is 0 Å². The fraction of sp³-hybridized carbons (Fsp3) is 0. The molecule has 6 heteroatoms. The number of amides is 2. The topological polar surface area (TPSA) is 63.4 Å². The minimum Gasteiger partial charge on any atom is -0.267 e. The van der Waals surface area contributed by atoms with Gasteiger partial charge in [0.1, 0.15) is 0 Å². The van der Waals surface area contributed by atoms with E-state index in [1.54, 1.807) is 24.3 Å². The number of hydrazine groups is 1. The Hall–Kier alpha value is -1.88. The van der Waals surface area contributed by atoms with E-state index in [-0.39, 0.29) is 11.1 Å². The largest absolute Gasteiger partial charge is 0.275 e. The van der Waals surface area contributed by atoms with E-state index in [0.717, 1.165) is 0 Å². The van der Waals surface area contributed by atoms with Gasteiger partial charge in [-0.3, -0.25) is 9.59 Å². The first kappa shape index (κ1) is 14.5. The first-order valence-corrected chi connectivity index (χ1v) is 6.39. The Labute approximate surface area is 125 Å². The highest BCUT2D eigenvalue weighted by Crippen LogP contribution is 2.13. The first-order valence-electron chi connectivity index (χ1n) is 5.63. The molecule has 4 nitrogen and oxygen atoms in total. The Bertz CT molecular complexity index is 582. The van der Waals surface area contributed by atoms with Gasteiger partial charge < -0.3 is 0 Å². The van der Waals surface area contributed by atoms with Gasteiger partial charge in [0.25, 0.3) is 11.8 Å². The van der Waals surface area contributed by atoms with Crippen molar-refractivity contribution in [1.29, 1.82) is 0 Å². The minimum absolute atomic E-state index is 0.277. The lowest BCUT2D eigenvalue weighted by Crippen LogP contribution is -2.42. The van der Waals surface area contributed by atoms with Crippen molar-refractivity contribution in [3.63, 3.8) is 0 Å². The van der Waals surface area contributed by atoms with Crippen LogP contribution in [0.4, 0.5) is 0 Å². The van der Waals surface area contributed by atoms with Crippen LogP contribution in [0.2, 0.25) is 10.0 Å². The molecule has 0 aliphatic rings. The Kier molecular flexibility index (Phi) is 4.39. The summed E-state index contributed by atoms with van der Waals surface area (Å²) < 4.78 is 0. The Morgan fingerprint density at radius 3 is 1.35 bits per heavy atom. The third-order valence-corrected chi connectivity index (χ3v) is 3.12. The molecular weight excluding hydrogens is 299 g/mol. The van der Waals surface area contributed by atoms with E-state index in [1.807, 2.05) is 0 Å². The van der Waals surface area contributed by atoms with Crippen molar-refractivity contribution in [3.8, 4) is 0 Å². The number of hydrogen-bond donors (Lipinski definition) is 1. The molecule has 0 fully saturated rings. The van der Waals surface area contributed by atoms with Crippen LogP contribution in [0.5, 0.6) is 0 Å². The standard InChI is InChI=1S/C14H10Cl2N2O2/c15-11-5-1-9(2-6-11)13(19)18(17)14(20)10-3-7-12(16)8-4-10/h1-8H,17H2. The second-order valence-corrected chi connectivity index (χ2v) is 4.87. The van der Waals surface area contributed by atoms with Gasteiger partial charge in [-0.05, 0) is 48.5 Å². The third-order valence-electron chi connectivity index (χ3n) is 2.62. The normalized spacial score (nSPS) is 10.2. The first-order chi connectivity index (χ1) is 9.49. The highest BCUT2D eigenvalue weighted by Gasteiger charge is 2.20. The summed E-state index contributed by atoms with van der Waals surface area (Å²) in [4.78, 5) is 24.1. The molecule has 2 aromatic carbocycles. The maximum absolute atomic E-state index is 12.0. The van der Waals surface area contributed by atoms with Crippen LogP contribution in [0.15, 0.2) is 48.5 Å². The molecule has 0 atom stereocenters. The predicted molar refractivity (Wildman–Crippen MR) is 77.6 cm³/mol. The lowest BCUT2D eigenvalue weighted by Gasteiger charge is -2.14. The molecule has 0 unspecified atom stereocenters. The summed E-state index contributed by atoms with van der Waals surface area (Å²) in [6, 6.07) is 12.2. The molecule has 0 saturated carbocycles. The highest BCUT2D eigenvalue weighted by atomic mass is 35.5. The second kappa shape index (κ2) is 6.05. The van der Waals surface area contributed by atoms with Gasteiger partial charge in [0.15, 0.2) is 0 Å². The van der Waals surface area contributed by atoms with Crippen LogP contribution < -0.4 is 5.84 Å². The van der Waals surface area contributed by atoms with Gasteiger partial charge in [0.2, 0.25) is 0 Å². The van der Waals surface area contributed by atoms with Gasteiger partial charge in [0, 0.05) is 21.2 Å². The zero-order valence-electron chi connectivity index (χ0n) is 10.2. The van der Waals surface area contributed by atoms with Gasteiger partial charge in [-0.15, -0.1) is 0 Å². The molecule has 2 rings (SSSR count). The van der Waals surface area contributed by atoms with Crippen molar-refractivity contribution >= 4 is 35.0 Å². The smallest absolute Gasteiger partial charge is 0.267 e. The quantitative estimate of drug-likeness (QED) is 0.401. The average molecular weight is 309 g/mol. The van der Waals surface area contributed by atoms with E-state index in [2.05, 4.69) is 0 Å². The molecule has 20 heavy (non-hydrogen) atoms. The molecule has 2 N–H and O–H groups in total. The van der Waals surface area contributed by atoms with Crippen LogP contribution in [0, 0.1) is 0 Å². The van der Waals surface area contributed by atoms with Crippen LogP contribution in [-0.4, -0.2) is 16.8 Å². The van der Waals surface area contributed by atoms with Gasteiger partial charge in [-0.25, -0.2) is 10.9 Å². The van der Waals surface area contributed by atoms with Gasteiger partial charge in [0.05, 0.1) is 0 Å². The van der Waals surface area contributed by atoms with Gasteiger partial charge in [-0.2, -0.15) is 0 Å². The summed E-state index contributed by atoms with van der Waals surface area (Å²) >= 11 is 11.5. The Morgan fingerprint density at radius 2 is 1.05 bits per heavy atom. The van der Waals surface area contributed by atoms with Crippen molar-refractivity contribution in [2.45, 2.75) is 0 Å². The molecule has 0 bridgehead atoms. The third kappa shape index (κ3) is 3.17. The number of halogens is 2. The van der Waals surface area contributed by atoms with E-state index in [9.17, 15) is 9.59 Å². The number of carbonyl (C=O) groups excluding carboxylic acids is 2. The zero-order chi connectivity index (χ0) is 14.7. The fourth-order valence-corrected chi connectivity index (χ4v) is 1.81. The van der Waals surface area contributed by atoms with Crippen molar-refractivity contribution in [1.82, 2.24) is 5.01 Å². The number of rotatable bonds is 2. The van der Waals surface area contributed by atoms with Crippen molar-refractivity contribution < 1.29 is 9.59 Å². The lowest BCUT2D eigenvalue weighted by molar-refractivity contribution is 0.0615. The fourth-order valence-electron chi connectivity index (χ4n) is 1.56. The summed E-state index contributed by atoms with van der Waals surface area (Å²) in [5.74, 6) is 4.35. The summed E-state index contributed by atoms with van der Waals surface area (Å²) in [6.45, 7) is 0. The van der Waals surface area contributed by atoms with Crippen LogP contribution >= 0.6 is 23.2 Å². The number of nitrogens with zero attached hydrogens (tertiary/aromatic N) is 1. The van der Waals surface area contributed by atoms with Gasteiger partial charge >= 0.3 is 0 Å². The second-order valence-electron chi connectivity index (χ2n) is 3.99. The number of imide groups is 1. The lowest BCUT2D eigenvalue weighted by atomic mass is 10.1. The number of nitrogens with two attached hydrogens (primary N) is 1. The van der Waals surface area contributed by atoms with Crippen LogP contribution in [-0.2, 0) is 0 Å². The molecule has 2 aromatic rings. The van der Waals surface area contributed by atoms with Gasteiger partial charge in [-0.1, -0.05) is 23.2 Å². The Morgan fingerprint density at radius 1 is 0.750 bits per heavy atom. The zero-order valence-corrected chi connectivity index (χ0v) is 11.7. The van der Waals surface area contributed by atoms with Crippen LogP contribution in [0.25, 0.3) is 0 Å². The molecule has 0 heterocycles. The molecule has 0 radical (unpaired) electrons. The number of benzene rings is 2. The molecule has 0 aromatic heterocycles. The average Bonchev–Trinajstić information content (AvgIpc) is 2.46. The Balaban J connectivity index is 2.20. The van der Waals surface area contributed by atoms with E-state index in [0.29, 0.717) is 15.1 Å². The van der Waals surface area contributed by atoms with Crippen molar-refractivity contribution in [3.05, 3.63) is 69.7 Å². The molecule has 2 amide bonds. The minimum atomic E-state index is -0.610.